The molecule has 1 aliphatic heterocycles. The topological polar surface area (TPSA) is 111 Å². The van der Waals surface area contributed by atoms with E-state index in [1.807, 2.05) is 13.0 Å². The normalized spacial score (nSPS) is 15.7. The van der Waals surface area contributed by atoms with Gasteiger partial charge in [0.05, 0.1) is 25.3 Å². The van der Waals surface area contributed by atoms with Gasteiger partial charge in [0, 0.05) is 21.4 Å². The number of ketones is 1. The van der Waals surface area contributed by atoms with E-state index in [1.165, 1.54) is 23.8 Å². The fourth-order valence-corrected chi connectivity index (χ4v) is 7.04. The molecule has 45 heavy (non-hydrogen) atoms. The highest BCUT2D eigenvalue weighted by molar-refractivity contribution is 8.00. The summed E-state index contributed by atoms with van der Waals surface area (Å²) in [5.41, 5.74) is 1.58. The Bertz CT molecular complexity index is 1780. The first kappa shape index (κ1) is 32.4. The number of aliphatic hydroxyl groups excluding tert-OH is 1. The smallest absolute Gasteiger partial charge is 0.301 e. The van der Waals surface area contributed by atoms with E-state index < -0.39 is 17.7 Å². The molecule has 3 aromatic carbocycles. The van der Waals surface area contributed by atoms with Gasteiger partial charge in [-0.25, -0.2) is 0 Å². The van der Waals surface area contributed by atoms with Gasteiger partial charge in [0.25, 0.3) is 5.78 Å². The predicted octanol–water partition coefficient (Wildman–Crippen LogP) is 7.74. The number of nitrogens with zero attached hydrogens (tertiary/aromatic N) is 3. The number of methoxy groups -OCH3 is 1. The van der Waals surface area contributed by atoms with E-state index in [-0.39, 0.29) is 23.1 Å². The van der Waals surface area contributed by atoms with Crippen LogP contribution >= 0.6 is 46.3 Å². The zero-order valence-electron chi connectivity index (χ0n) is 24.2. The standard InChI is InChI=1S/C32H27Cl2N3O6S2/c1-4-14-43-24-13-9-19(15-25(24)42-5-2)27-26(28(38)18-7-11-22(41-3)12-8-18)29(39)30(40)37(27)31-35-36-32(45-31)44-17-20-6-10-21(33)16-23(20)34/h4,6-13,15-16,27,38H,1,5,14,17H2,2-3H3. The molecule has 0 bridgehead atoms. The zero-order valence-corrected chi connectivity index (χ0v) is 27.3. The van der Waals surface area contributed by atoms with Crippen LogP contribution in [-0.2, 0) is 15.3 Å². The van der Waals surface area contributed by atoms with Crippen LogP contribution in [0.15, 0.2) is 83.2 Å². The molecule has 1 N–H and O–H groups in total. The molecule has 4 aromatic rings. The minimum absolute atomic E-state index is 0.107. The molecule has 1 saturated heterocycles. The Balaban J connectivity index is 1.57. The molecule has 0 spiro atoms. The Labute approximate surface area is 278 Å². The molecule has 1 fully saturated rings. The average molecular weight is 685 g/mol. The number of halogens is 2. The third kappa shape index (κ3) is 6.96. The molecule has 0 aliphatic carbocycles. The minimum Gasteiger partial charge on any atom is -0.507 e. The third-order valence-corrected chi connectivity index (χ3v) is 9.41. The van der Waals surface area contributed by atoms with Crippen LogP contribution < -0.4 is 19.1 Å². The molecular formula is C32H27Cl2N3O6S2. The number of ether oxygens (including phenoxy) is 3. The molecule has 232 valence electrons. The van der Waals surface area contributed by atoms with Crippen molar-refractivity contribution in [2.75, 3.05) is 25.2 Å². The van der Waals surface area contributed by atoms with Gasteiger partial charge in [-0.05, 0) is 66.6 Å². The maximum absolute atomic E-state index is 13.7. The Morgan fingerprint density at radius 1 is 1.07 bits per heavy atom. The highest BCUT2D eigenvalue weighted by atomic mass is 35.5. The molecule has 0 saturated carbocycles. The fraction of sp³-hybridized carbons (Fsp3) is 0.188. The number of hydrogen-bond acceptors (Lipinski definition) is 10. The van der Waals surface area contributed by atoms with Crippen molar-refractivity contribution in [3.05, 3.63) is 106 Å². The van der Waals surface area contributed by atoms with Crippen LogP contribution in [0, 0.1) is 0 Å². The van der Waals surface area contributed by atoms with Crippen LogP contribution in [0.1, 0.15) is 29.7 Å². The molecule has 13 heteroatoms. The molecule has 1 aliphatic rings. The predicted molar refractivity (Wildman–Crippen MR) is 177 cm³/mol. The molecule has 5 rings (SSSR count). The second-order valence-corrected chi connectivity index (χ2v) is 12.5. The van der Waals surface area contributed by atoms with Crippen LogP contribution in [0.5, 0.6) is 17.2 Å². The van der Waals surface area contributed by atoms with Gasteiger partial charge in [-0.1, -0.05) is 71.1 Å². The summed E-state index contributed by atoms with van der Waals surface area (Å²) in [7, 11) is 1.53. The van der Waals surface area contributed by atoms with E-state index in [2.05, 4.69) is 16.8 Å². The quantitative estimate of drug-likeness (QED) is 0.0400. The minimum atomic E-state index is -1.05. The number of aromatic nitrogens is 2. The molecule has 1 unspecified atom stereocenters. The summed E-state index contributed by atoms with van der Waals surface area (Å²) in [6, 6.07) is 15.8. The lowest BCUT2D eigenvalue weighted by Gasteiger charge is -2.23. The van der Waals surface area contributed by atoms with Gasteiger partial charge in [-0.15, -0.1) is 10.2 Å². The lowest BCUT2D eigenvalue weighted by Crippen LogP contribution is -2.29. The zero-order chi connectivity index (χ0) is 32.1. The Morgan fingerprint density at radius 2 is 1.84 bits per heavy atom. The highest BCUT2D eigenvalue weighted by Gasteiger charge is 2.48. The van der Waals surface area contributed by atoms with Crippen LogP contribution in [0.3, 0.4) is 0 Å². The highest BCUT2D eigenvalue weighted by Crippen LogP contribution is 2.46. The van der Waals surface area contributed by atoms with E-state index in [0.29, 0.717) is 55.1 Å². The van der Waals surface area contributed by atoms with Crippen molar-refractivity contribution in [3.8, 4) is 17.2 Å². The number of carbonyl (C=O) groups excluding carboxylic acids is 2. The maximum Gasteiger partial charge on any atom is 0.301 e. The van der Waals surface area contributed by atoms with E-state index in [9.17, 15) is 14.7 Å². The Kier molecular flexibility index (Phi) is 10.3. The second-order valence-electron chi connectivity index (χ2n) is 9.51. The van der Waals surface area contributed by atoms with Gasteiger partial charge < -0.3 is 19.3 Å². The van der Waals surface area contributed by atoms with Crippen molar-refractivity contribution in [1.82, 2.24) is 10.2 Å². The summed E-state index contributed by atoms with van der Waals surface area (Å²) in [5, 5.41) is 21.3. The van der Waals surface area contributed by atoms with Gasteiger partial charge in [0.2, 0.25) is 5.13 Å². The van der Waals surface area contributed by atoms with Crippen LogP contribution in [-0.4, -0.2) is 47.3 Å². The van der Waals surface area contributed by atoms with Gasteiger partial charge in [0.15, 0.2) is 15.8 Å². The van der Waals surface area contributed by atoms with Crippen molar-refractivity contribution in [2.45, 2.75) is 23.1 Å². The van der Waals surface area contributed by atoms with Gasteiger partial charge in [-0.3, -0.25) is 14.5 Å². The van der Waals surface area contributed by atoms with Gasteiger partial charge >= 0.3 is 5.91 Å². The number of amides is 1. The Morgan fingerprint density at radius 3 is 2.53 bits per heavy atom. The van der Waals surface area contributed by atoms with Gasteiger partial charge in [0.1, 0.15) is 18.1 Å². The number of thioether (sulfide) groups is 1. The van der Waals surface area contributed by atoms with Crippen molar-refractivity contribution in [3.63, 3.8) is 0 Å². The SMILES string of the molecule is C=CCOc1ccc(C2C(=C(O)c3ccc(OC)cc3)C(=O)C(=O)N2c2nnc(SCc3ccc(Cl)cc3Cl)s2)cc1OCC. The van der Waals surface area contributed by atoms with Crippen LogP contribution in [0.25, 0.3) is 5.76 Å². The largest absolute Gasteiger partial charge is 0.507 e. The number of Topliss-reactive ketones (excluding diaryl/α,β-unsaturated/α-hetero) is 1. The van der Waals surface area contributed by atoms with Crippen molar-refractivity contribution in [2.24, 2.45) is 0 Å². The third-order valence-electron chi connectivity index (χ3n) is 6.72. The number of rotatable bonds is 12. The molecule has 1 amide bonds. The van der Waals surface area contributed by atoms with Gasteiger partial charge in [-0.2, -0.15) is 0 Å². The Hall–Kier alpha value is -4.03. The summed E-state index contributed by atoms with van der Waals surface area (Å²) < 4.78 is 17.4. The lowest BCUT2D eigenvalue weighted by molar-refractivity contribution is -0.132. The fourth-order valence-electron chi connectivity index (χ4n) is 4.62. The summed E-state index contributed by atoms with van der Waals surface area (Å²) in [4.78, 5) is 28.6. The first-order chi connectivity index (χ1) is 21.7. The first-order valence-corrected chi connectivity index (χ1v) is 16.2. The van der Waals surface area contributed by atoms with E-state index in [0.717, 1.165) is 16.9 Å². The van der Waals surface area contributed by atoms with E-state index in [4.69, 9.17) is 37.4 Å². The monoisotopic (exact) mass is 683 g/mol. The van der Waals surface area contributed by atoms with Crippen molar-refractivity contribution < 1.29 is 28.9 Å². The van der Waals surface area contributed by atoms with Crippen molar-refractivity contribution >= 4 is 68.9 Å². The number of anilines is 1. The van der Waals surface area contributed by atoms with Crippen LogP contribution in [0.2, 0.25) is 10.0 Å². The molecular weight excluding hydrogens is 657 g/mol. The molecule has 2 heterocycles. The number of carbonyl (C=O) groups is 2. The molecule has 0 radical (unpaired) electrons. The van der Waals surface area contributed by atoms with E-state index in [1.54, 1.807) is 60.7 Å². The van der Waals surface area contributed by atoms with Crippen molar-refractivity contribution in [1.29, 1.82) is 0 Å². The van der Waals surface area contributed by atoms with E-state index >= 15 is 0 Å². The summed E-state index contributed by atoms with van der Waals surface area (Å²) in [6.45, 7) is 6.11. The summed E-state index contributed by atoms with van der Waals surface area (Å²) in [5.74, 6) is -0.148. The summed E-state index contributed by atoms with van der Waals surface area (Å²) in [6.07, 6.45) is 1.61. The number of hydrogen-bond donors (Lipinski definition) is 1. The lowest BCUT2D eigenvalue weighted by atomic mass is 9.95. The average Bonchev–Trinajstić information content (AvgIpc) is 3.61. The first-order valence-electron chi connectivity index (χ1n) is 13.6. The molecule has 1 aromatic heterocycles. The van der Waals surface area contributed by atoms with Crippen LogP contribution in [0.4, 0.5) is 5.13 Å². The number of aliphatic hydroxyl groups is 1. The molecule has 1 atom stereocenters. The maximum atomic E-state index is 13.7. The molecule has 9 nitrogen and oxygen atoms in total. The summed E-state index contributed by atoms with van der Waals surface area (Å²) >= 11 is 14.9. The second kappa shape index (κ2) is 14.4. The number of benzene rings is 3.